The first-order chi connectivity index (χ1) is 12.6. The molecule has 1 N–H and O–H groups in total. The highest BCUT2D eigenvalue weighted by Gasteiger charge is 2.22. The Labute approximate surface area is 154 Å². The third-order valence-corrected chi connectivity index (χ3v) is 4.98. The zero-order chi connectivity index (χ0) is 18.4. The molecule has 0 aliphatic heterocycles. The normalized spacial score (nSPS) is 19.6. The van der Waals surface area contributed by atoms with Crippen molar-refractivity contribution in [1.82, 2.24) is 5.32 Å². The van der Waals surface area contributed by atoms with Gasteiger partial charge in [-0.2, -0.15) is 0 Å². The van der Waals surface area contributed by atoms with Crippen molar-refractivity contribution in [1.29, 1.82) is 0 Å². The first-order valence-corrected chi connectivity index (χ1v) is 9.25. The zero-order valence-electron chi connectivity index (χ0n) is 15.1. The number of ketones is 1. The maximum Gasteiger partial charge on any atom is 0.258 e. The average Bonchev–Trinajstić information content (AvgIpc) is 2.69. The zero-order valence-corrected chi connectivity index (χ0v) is 15.1. The molecule has 0 unspecified atom stereocenters. The predicted molar refractivity (Wildman–Crippen MR) is 101 cm³/mol. The van der Waals surface area contributed by atoms with Gasteiger partial charge in [-0.15, -0.1) is 0 Å². The molecule has 2 atom stereocenters. The second-order valence-corrected chi connectivity index (χ2v) is 6.94. The summed E-state index contributed by atoms with van der Waals surface area (Å²) >= 11 is 0. The molecule has 2 aromatic carbocycles. The molecule has 0 saturated heterocycles. The molecular weight excluding hydrogens is 326 g/mol. The summed E-state index contributed by atoms with van der Waals surface area (Å²) < 4.78 is 5.56. The van der Waals surface area contributed by atoms with E-state index in [0.29, 0.717) is 22.8 Å². The van der Waals surface area contributed by atoms with Crippen molar-refractivity contribution in [3.05, 3.63) is 65.7 Å². The molecule has 136 valence electrons. The maximum atomic E-state index is 12.4. The molecule has 1 saturated carbocycles. The lowest BCUT2D eigenvalue weighted by Gasteiger charge is -2.29. The molecule has 0 aromatic heterocycles. The summed E-state index contributed by atoms with van der Waals surface area (Å²) in [4.78, 5) is 24.5. The average molecular weight is 351 g/mol. The van der Waals surface area contributed by atoms with Crippen LogP contribution in [0.3, 0.4) is 0 Å². The Morgan fingerprint density at radius 3 is 2.31 bits per heavy atom. The van der Waals surface area contributed by atoms with Crippen LogP contribution in [0, 0.1) is 5.92 Å². The molecule has 1 amide bonds. The van der Waals surface area contributed by atoms with E-state index >= 15 is 0 Å². The topological polar surface area (TPSA) is 55.4 Å². The third-order valence-electron chi connectivity index (χ3n) is 4.98. The van der Waals surface area contributed by atoms with Crippen molar-refractivity contribution in [3.8, 4) is 5.75 Å². The van der Waals surface area contributed by atoms with E-state index in [2.05, 4.69) is 12.2 Å². The Bertz CT molecular complexity index is 740. The smallest absolute Gasteiger partial charge is 0.258 e. The number of hydrogen-bond donors (Lipinski definition) is 1. The fraction of sp³-hybridized carbons (Fsp3) is 0.364. The summed E-state index contributed by atoms with van der Waals surface area (Å²) in [5.74, 6) is 0.992. The highest BCUT2D eigenvalue weighted by atomic mass is 16.5. The van der Waals surface area contributed by atoms with Gasteiger partial charge in [-0.3, -0.25) is 9.59 Å². The highest BCUT2D eigenvalue weighted by Crippen LogP contribution is 2.23. The monoisotopic (exact) mass is 351 g/mol. The van der Waals surface area contributed by atoms with Gasteiger partial charge < -0.3 is 10.1 Å². The van der Waals surface area contributed by atoms with Gasteiger partial charge in [-0.05, 0) is 43.0 Å². The van der Waals surface area contributed by atoms with Crippen LogP contribution in [0.2, 0.25) is 0 Å². The van der Waals surface area contributed by atoms with Gasteiger partial charge in [0.2, 0.25) is 0 Å². The summed E-state index contributed by atoms with van der Waals surface area (Å²) in [5.41, 5.74) is 1.26. The van der Waals surface area contributed by atoms with Crippen molar-refractivity contribution in [2.75, 3.05) is 6.61 Å². The van der Waals surface area contributed by atoms with Crippen molar-refractivity contribution in [2.24, 2.45) is 5.92 Å². The molecule has 26 heavy (non-hydrogen) atoms. The van der Waals surface area contributed by atoms with Gasteiger partial charge >= 0.3 is 0 Å². The molecule has 0 bridgehead atoms. The van der Waals surface area contributed by atoms with E-state index in [0.717, 1.165) is 6.42 Å². The van der Waals surface area contributed by atoms with Gasteiger partial charge in [0.15, 0.2) is 12.4 Å². The quantitative estimate of drug-likeness (QED) is 0.801. The molecular formula is C22H25NO3. The predicted octanol–water partition coefficient (Wildman–Crippen LogP) is 3.99. The van der Waals surface area contributed by atoms with Crippen LogP contribution < -0.4 is 10.1 Å². The molecule has 2 aromatic rings. The van der Waals surface area contributed by atoms with E-state index in [-0.39, 0.29) is 24.3 Å². The number of rotatable bonds is 6. The number of nitrogens with one attached hydrogen (secondary N) is 1. The second kappa shape index (κ2) is 8.65. The molecule has 4 heteroatoms. The van der Waals surface area contributed by atoms with Gasteiger partial charge in [0, 0.05) is 17.2 Å². The number of benzene rings is 2. The van der Waals surface area contributed by atoms with Gasteiger partial charge in [0.1, 0.15) is 5.75 Å². The minimum absolute atomic E-state index is 0.00476. The van der Waals surface area contributed by atoms with Crippen molar-refractivity contribution < 1.29 is 14.3 Å². The van der Waals surface area contributed by atoms with Crippen molar-refractivity contribution in [3.63, 3.8) is 0 Å². The number of ether oxygens (including phenoxy) is 1. The van der Waals surface area contributed by atoms with E-state index in [9.17, 15) is 9.59 Å². The van der Waals surface area contributed by atoms with E-state index in [4.69, 9.17) is 4.74 Å². The van der Waals surface area contributed by atoms with Crippen LogP contribution in [0.25, 0.3) is 0 Å². The van der Waals surface area contributed by atoms with E-state index < -0.39 is 0 Å². The molecule has 0 radical (unpaired) electrons. The molecule has 4 nitrogen and oxygen atoms in total. The Morgan fingerprint density at radius 2 is 1.62 bits per heavy atom. The Balaban J connectivity index is 1.51. The van der Waals surface area contributed by atoms with Crippen LogP contribution in [-0.2, 0) is 4.79 Å². The number of hydrogen-bond acceptors (Lipinski definition) is 3. The second-order valence-electron chi connectivity index (χ2n) is 6.94. The molecule has 3 rings (SSSR count). The Kier molecular flexibility index (Phi) is 6.05. The summed E-state index contributed by atoms with van der Waals surface area (Å²) in [7, 11) is 0. The van der Waals surface area contributed by atoms with Crippen LogP contribution >= 0.6 is 0 Å². The number of amides is 1. The highest BCUT2D eigenvalue weighted by molar-refractivity contribution is 6.08. The van der Waals surface area contributed by atoms with Crippen LogP contribution in [0.5, 0.6) is 5.75 Å². The van der Waals surface area contributed by atoms with Crippen LogP contribution in [0.1, 0.15) is 48.5 Å². The maximum absolute atomic E-state index is 12.4. The fourth-order valence-electron chi connectivity index (χ4n) is 3.39. The number of carbonyl (C=O) groups excluding carboxylic acids is 2. The minimum Gasteiger partial charge on any atom is -0.484 e. The Morgan fingerprint density at radius 1 is 0.962 bits per heavy atom. The lowest BCUT2D eigenvalue weighted by Crippen LogP contribution is -2.43. The fourth-order valence-corrected chi connectivity index (χ4v) is 3.39. The number of carbonyl (C=O) groups is 2. The molecule has 0 spiro atoms. The molecule has 1 aliphatic carbocycles. The SMILES string of the molecule is C[C@@H]1CCCC[C@@H]1NC(=O)COc1ccc(C(=O)c2ccccc2)cc1. The molecule has 1 aliphatic rings. The summed E-state index contributed by atoms with van der Waals surface area (Å²) in [5, 5.41) is 3.07. The van der Waals surface area contributed by atoms with Gasteiger partial charge in [-0.1, -0.05) is 50.1 Å². The summed E-state index contributed by atoms with van der Waals surface area (Å²) in [6, 6.07) is 16.3. The third kappa shape index (κ3) is 4.72. The first-order valence-electron chi connectivity index (χ1n) is 9.25. The van der Waals surface area contributed by atoms with Crippen molar-refractivity contribution >= 4 is 11.7 Å². The minimum atomic E-state index is -0.0896. The van der Waals surface area contributed by atoms with Crippen LogP contribution in [0.4, 0.5) is 0 Å². The van der Waals surface area contributed by atoms with E-state index in [1.807, 2.05) is 18.2 Å². The summed E-state index contributed by atoms with van der Waals surface area (Å²) in [6.45, 7) is 2.18. The van der Waals surface area contributed by atoms with Gasteiger partial charge in [0.25, 0.3) is 5.91 Å². The molecule has 1 fully saturated rings. The first kappa shape index (κ1) is 18.2. The summed E-state index contributed by atoms with van der Waals surface area (Å²) in [6.07, 6.45) is 4.64. The lowest BCUT2D eigenvalue weighted by atomic mass is 9.86. The molecule has 0 heterocycles. The standard InChI is InChI=1S/C22H25NO3/c1-16-7-5-6-10-20(16)23-21(24)15-26-19-13-11-18(12-14-19)22(25)17-8-3-2-4-9-17/h2-4,8-9,11-14,16,20H,5-7,10,15H2,1H3,(H,23,24)/t16-,20+/m1/s1. The van der Waals surface area contributed by atoms with Crippen LogP contribution in [-0.4, -0.2) is 24.3 Å². The van der Waals surface area contributed by atoms with Gasteiger partial charge in [0.05, 0.1) is 0 Å². The lowest BCUT2D eigenvalue weighted by molar-refractivity contribution is -0.124. The van der Waals surface area contributed by atoms with Gasteiger partial charge in [-0.25, -0.2) is 0 Å². The van der Waals surface area contributed by atoms with Crippen molar-refractivity contribution in [2.45, 2.75) is 38.6 Å². The van der Waals surface area contributed by atoms with E-state index in [1.54, 1.807) is 36.4 Å². The Hall–Kier alpha value is -2.62. The largest absolute Gasteiger partial charge is 0.484 e. The van der Waals surface area contributed by atoms with E-state index in [1.165, 1.54) is 19.3 Å². The van der Waals surface area contributed by atoms with Crippen LogP contribution in [0.15, 0.2) is 54.6 Å².